The number of benzene rings is 2. The van der Waals surface area contributed by atoms with Gasteiger partial charge in [0.2, 0.25) is 0 Å². The Bertz CT molecular complexity index is 684. The molecule has 2 aromatic carbocycles. The Morgan fingerprint density at radius 2 is 1.83 bits per heavy atom. The third-order valence-corrected chi connectivity index (χ3v) is 4.35. The van der Waals surface area contributed by atoms with Gasteiger partial charge in [0.05, 0.1) is 25.7 Å². The molecule has 2 aromatic rings. The van der Waals surface area contributed by atoms with Crippen molar-refractivity contribution in [3.05, 3.63) is 65.2 Å². The number of hydrogen-bond acceptors (Lipinski definition) is 3. The van der Waals surface area contributed by atoms with Crippen LogP contribution in [0, 0.1) is 0 Å². The van der Waals surface area contributed by atoms with Crippen molar-refractivity contribution in [2.45, 2.75) is 19.4 Å². The van der Waals surface area contributed by atoms with Crippen LogP contribution < -0.4 is 14.7 Å². The fraction of sp³-hybridized carbons (Fsp3) is 0.316. The average molecular weight is 311 g/mol. The number of carbonyl (C=O) groups is 1. The molecule has 23 heavy (non-hydrogen) atoms. The Labute approximate surface area is 136 Å². The Kier molecular flexibility index (Phi) is 4.93. The monoisotopic (exact) mass is 311 g/mol. The van der Waals surface area contributed by atoms with Gasteiger partial charge in [-0.05, 0) is 17.7 Å². The summed E-state index contributed by atoms with van der Waals surface area (Å²) in [6, 6.07) is 15.3. The van der Waals surface area contributed by atoms with Crippen LogP contribution in [-0.4, -0.2) is 25.7 Å². The van der Waals surface area contributed by atoms with E-state index in [1.54, 1.807) is 23.1 Å². The number of carboxylic acid groups (broad SMARTS) is 1. The lowest BCUT2D eigenvalue weighted by Crippen LogP contribution is -3.11. The van der Waals surface area contributed by atoms with E-state index >= 15 is 0 Å². The predicted octanol–water partition coefficient (Wildman–Crippen LogP) is 0.460. The van der Waals surface area contributed by atoms with E-state index in [2.05, 4.69) is 24.3 Å². The third kappa shape index (κ3) is 3.90. The summed E-state index contributed by atoms with van der Waals surface area (Å²) in [6.07, 6.45) is 2.03. The molecule has 4 heteroatoms. The van der Waals surface area contributed by atoms with Crippen LogP contribution >= 0.6 is 0 Å². The fourth-order valence-corrected chi connectivity index (χ4v) is 3.12. The molecule has 1 aliphatic heterocycles. The smallest absolute Gasteiger partial charge is 0.128 e. The summed E-state index contributed by atoms with van der Waals surface area (Å²) in [6.45, 7) is 3.76. The number of aromatic carboxylic acids is 1. The molecule has 1 aliphatic rings. The second-order valence-corrected chi connectivity index (χ2v) is 5.93. The van der Waals surface area contributed by atoms with Crippen LogP contribution in [0.1, 0.15) is 27.9 Å². The minimum Gasteiger partial charge on any atom is -0.545 e. The van der Waals surface area contributed by atoms with Gasteiger partial charge < -0.3 is 19.5 Å². The summed E-state index contributed by atoms with van der Waals surface area (Å²) in [7, 11) is 0. The molecule has 0 radical (unpaired) electrons. The Balaban J connectivity index is 1.47. The van der Waals surface area contributed by atoms with Gasteiger partial charge in [0.1, 0.15) is 12.3 Å². The zero-order valence-corrected chi connectivity index (χ0v) is 13.1. The first-order valence-electron chi connectivity index (χ1n) is 8.07. The largest absolute Gasteiger partial charge is 0.545 e. The summed E-state index contributed by atoms with van der Waals surface area (Å²) in [5.41, 5.74) is 3.03. The van der Waals surface area contributed by atoms with Crippen LogP contribution in [0.4, 0.5) is 0 Å². The zero-order valence-electron chi connectivity index (χ0n) is 13.1. The van der Waals surface area contributed by atoms with Gasteiger partial charge in [0.15, 0.2) is 0 Å². The molecule has 4 nitrogen and oxygen atoms in total. The van der Waals surface area contributed by atoms with Gasteiger partial charge in [0, 0.05) is 24.0 Å². The second kappa shape index (κ2) is 7.29. The highest BCUT2D eigenvalue weighted by atomic mass is 16.5. The fourth-order valence-electron chi connectivity index (χ4n) is 3.12. The van der Waals surface area contributed by atoms with Crippen molar-refractivity contribution in [3.63, 3.8) is 0 Å². The maximum absolute atomic E-state index is 11.0. The molecule has 0 bridgehead atoms. The minimum absolute atomic E-state index is 0.117. The molecule has 1 atom stereocenters. The summed E-state index contributed by atoms with van der Waals surface area (Å²) in [4.78, 5) is 12.6. The number of ether oxygens (including phenoxy) is 1. The third-order valence-electron chi connectivity index (χ3n) is 4.35. The molecule has 1 unspecified atom stereocenters. The Morgan fingerprint density at radius 1 is 1.09 bits per heavy atom. The van der Waals surface area contributed by atoms with Crippen LogP contribution in [0.25, 0.3) is 0 Å². The topological polar surface area (TPSA) is 53.8 Å². The molecule has 0 aromatic heterocycles. The molecular formula is C19H21NO3. The number of para-hydroxylation sites is 1. The van der Waals surface area contributed by atoms with Crippen molar-refractivity contribution in [1.29, 1.82) is 0 Å². The lowest BCUT2D eigenvalue weighted by Gasteiger charge is -2.25. The quantitative estimate of drug-likeness (QED) is 0.789. The maximum atomic E-state index is 11.0. The van der Waals surface area contributed by atoms with Gasteiger partial charge in [-0.2, -0.15) is 0 Å². The number of nitrogens with one attached hydrogen (secondary N) is 1. The summed E-state index contributed by atoms with van der Waals surface area (Å²) < 4.78 is 5.62. The number of carbonyl (C=O) groups excluding carboxylic acids is 1. The molecule has 0 fully saturated rings. The highest BCUT2D eigenvalue weighted by Gasteiger charge is 2.18. The van der Waals surface area contributed by atoms with Crippen LogP contribution in [0.15, 0.2) is 48.5 Å². The summed E-state index contributed by atoms with van der Waals surface area (Å²) in [5, 5.41) is 11.0. The number of rotatable bonds is 6. The van der Waals surface area contributed by atoms with Crippen molar-refractivity contribution in [2.24, 2.45) is 0 Å². The van der Waals surface area contributed by atoms with Crippen molar-refractivity contribution in [2.75, 3.05) is 19.7 Å². The molecule has 1 N–H and O–H groups in total. The van der Waals surface area contributed by atoms with E-state index in [0.717, 1.165) is 32.5 Å². The van der Waals surface area contributed by atoms with Gasteiger partial charge in [-0.25, -0.2) is 0 Å². The zero-order chi connectivity index (χ0) is 16.1. The highest BCUT2D eigenvalue weighted by Crippen LogP contribution is 2.17. The average Bonchev–Trinajstić information content (AvgIpc) is 2.59. The van der Waals surface area contributed by atoms with Gasteiger partial charge in [-0.15, -0.1) is 0 Å². The van der Waals surface area contributed by atoms with Gasteiger partial charge in [-0.1, -0.05) is 36.4 Å². The normalized spacial score (nSPS) is 16.6. The lowest BCUT2D eigenvalue weighted by molar-refractivity contribution is -0.916. The summed E-state index contributed by atoms with van der Waals surface area (Å²) >= 11 is 0. The van der Waals surface area contributed by atoms with E-state index in [9.17, 15) is 9.90 Å². The first-order chi connectivity index (χ1) is 11.2. The van der Waals surface area contributed by atoms with Gasteiger partial charge in [0.25, 0.3) is 0 Å². The number of quaternary nitrogens is 1. The predicted molar refractivity (Wildman–Crippen MR) is 85.4 cm³/mol. The minimum atomic E-state index is -1.20. The standard InChI is InChI=1S/C19H21NO3/c21-19(22)17-8-3-4-9-18(17)23-13-5-11-20-12-10-15-6-1-2-7-16(15)14-20/h1-4,6-9H,5,10-14H2,(H,21,22). The van der Waals surface area contributed by atoms with Crippen molar-refractivity contribution >= 4 is 5.97 Å². The Morgan fingerprint density at radius 3 is 2.65 bits per heavy atom. The van der Waals surface area contributed by atoms with E-state index < -0.39 is 5.97 Å². The van der Waals surface area contributed by atoms with E-state index in [4.69, 9.17) is 4.74 Å². The summed E-state index contributed by atoms with van der Waals surface area (Å²) in [5.74, 6) is -0.801. The molecule has 0 saturated heterocycles. The van der Waals surface area contributed by atoms with Crippen molar-refractivity contribution < 1.29 is 19.5 Å². The van der Waals surface area contributed by atoms with Crippen LogP contribution in [0.3, 0.4) is 0 Å². The van der Waals surface area contributed by atoms with Crippen molar-refractivity contribution in [1.82, 2.24) is 0 Å². The van der Waals surface area contributed by atoms with Crippen LogP contribution in [0.5, 0.6) is 5.75 Å². The van der Waals surface area contributed by atoms with E-state index in [1.807, 2.05) is 0 Å². The van der Waals surface area contributed by atoms with E-state index in [0.29, 0.717) is 12.4 Å². The van der Waals surface area contributed by atoms with E-state index in [1.165, 1.54) is 17.2 Å². The molecule has 0 spiro atoms. The van der Waals surface area contributed by atoms with E-state index in [-0.39, 0.29) is 5.56 Å². The molecule has 0 aliphatic carbocycles. The lowest BCUT2D eigenvalue weighted by atomic mass is 10.00. The first-order valence-corrected chi connectivity index (χ1v) is 8.07. The Hall–Kier alpha value is -2.33. The molecule has 0 amide bonds. The van der Waals surface area contributed by atoms with Gasteiger partial charge in [-0.3, -0.25) is 0 Å². The molecule has 120 valence electrons. The van der Waals surface area contributed by atoms with Crippen molar-refractivity contribution in [3.8, 4) is 5.75 Å². The highest BCUT2D eigenvalue weighted by molar-refractivity contribution is 5.89. The van der Waals surface area contributed by atoms with Crippen LogP contribution in [0.2, 0.25) is 0 Å². The second-order valence-electron chi connectivity index (χ2n) is 5.93. The SMILES string of the molecule is O=C([O-])c1ccccc1OCCC[NH+]1CCc2ccccc2C1. The number of hydrogen-bond donors (Lipinski definition) is 1. The maximum Gasteiger partial charge on any atom is 0.128 e. The van der Waals surface area contributed by atoms with Crippen LogP contribution in [-0.2, 0) is 13.0 Å². The number of carboxylic acids is 1. The first kappa shape index (κ1) is 15.6. The number of fused-ring (bicyclic) bond motifs is 1. The molecule has 0 saturated carbocycles. The molecular weight excluding hydrogens is 290 g/mol. The van der Waals surface area contributed by atoms with Gasteiger partial charge >= 0.3 is 0 Å². The molecule has 3 rings (SSSR count). The molecule has 1 heterocycles.